The maximum Gasteiger partial charge on any atom is 0.0328 e. The normalized spacial score (nSPS) is 14.0. The number of H-pyrrole nitrogens is 1. The molecule has 1 rings (SSSR count). The summed E-state index contributed by atoms with van der Waals surface area (Å²) >= 11 is 0. The van der Waals surface area contributed by atoms with Crippen molar-refractivity contribution >= 4 is 0 Å². The minimum atomic E-state index is 0.506. The molecule has 0 aliphatic carbocycles. The zero-order valence-corrected chi connectivity index (χ0v) is 6.76. The average molecular weight is 138 g/mol. The van der Waals surface area contributed by atoms with Crippen molar-refractivity contribution in [3.63, 3.8) is 0 Å². The van der Waals surface area contributed by atoms with Crippen LogP contribution < -0.4 is 0 Å². The molecule has 0 spiro atoms. The molecule has 0 fully saturated rings. The smallest absolute Gasteiger partial charge is 0.0328 e. The van der Waals surface area contributed by atoms with Gasteiger partial charge in [0, 0.05) is 18.4 Å². The SMILES string of the molecule is CC(c1cc[nH]c1)N(C)C. The van der Waals surface area contributed by atoms with Crippen LogP contribution in [-0.4, -0.2) is 24.0 Å². The van der Waals surface area contributed by atoms with E-state index in [2.05, 4.69) is 37.0 Å². The Hall–Kier alpha value is -0.760. The molecule has 1 heterocycles. The van der Waals surface area contributed by atoms with E-state index in [1.807, 2.05) is 12.4 Å². The topological polar surface area (TPSA) is 19.0 Å². The molecule has 0 aromatic carbocycles. The van der Waals surface area contributed by atoms with Gasteiger partial charge in [-0.25, -0.2) is 0 Å². The Balaban J connectivity index is 2.68. The molecule has 0 saturated heterocycles. The Morgan fingerprint density at radius 1 is 1.50 bits per heavy atom. The molecular formula is C8H14N2. The maximum absolute atomic E-state index is 3.04. The van der Waals surface area contributed by atoms with E-state index in [0.29, 0.717) is 6.04 Å². The zero-order chi connectivity index (χ0) is 7.56. The highest BCUT2D eigenvalue weighted by molar-refractivity contribution is 5.12. The first-order valence-corrected chi connectivity index (χ1v) is 3.51. The van der Waals surface area contributed by atoms with E-state index in [1.54, 1.807) is 0 Å². The molecule has 1 atom stereocenters. The van der Waals surface area contributed by atoms with Crippen LogP contribution in [0.15, 0.2) is 18.5 Å². The third kappa shape index (κ3) is 1.39. The molecule has 2 heteroatoms. The van der Waals surface area contributed by atoms with Crippen LogP contribution in [0, 0.1) is 0 Å². The molecule has 10 heavy (non-hydrogen) atoms. The molecule has 1 aromatic heterocycles. The van der Waals surface area contributed by atoms with Crippen LogP contribution in [0.2, 0.25) is 0 Å². The summed E-state index contributed by atoms with van der Waals surface area (Å²) in [6.07, 6.45) is 3.99. The minimum absolute atomic E-state index is 0.506. The first-order valence-electron chi connectivity index (χ1n) is 3.51. The van der Waals surface area contributed by atoms with Crippen molar-refractivity contribution in [2.24, 2.45) is 0 Å². The van der Waals surface area contributed by atoms with E-state index in [1.165, 1.54) is 5.56 Å². The van der Waals surface area contributed by atoms with Crippen LogP contribution in [0.5, 0.6) is 0 Å². The third-order valence-corrected chi connectivity index (χ3v) is 1.88. The van der Waals surface area contributed by atoms with E-state index in [9.17, 15) is 0 Å². The molecule has 56 valence electrons. The molecule has 0 radical (unpaired) electrons. The van der Waals surface area contributed by atoms with Crippen molar-refractivity contribution in [2.45, 2.75) is 13.0 Å². The van der Waals surface area contributed by atoms with Gasteiger partial charge in [-0.15, -0.1) is 0 Å². The quantitative estimate of drug-likeness (QED) is 0.658. The highest BCUT2D eigenvalue weighted by atomic mass is 15.1. The number of rotatable bonds is 2. The fraction of sp³-hybridized carbons (Fsp3) is 0.500. The lowest BCUT2D eigenvalue weighted by Gasteiger charge is -2.17. The molecule has 0 bridgehead atoms. The van der Waals surface area contributed by atoms with Crippen molar-refractivity contribution in [3.8, 4) is 0 Å². The van der Waals surface area contributed by atoms with E-state index in [-0.39, 0.29) is 0 Å². The molecule has 1 unspecified atom stereocenters. The summed E-state index contributed by atoms with van der Waals surface area (Å²) in [5.74, 6) is 0. The lowest BCUT2D eigenvalue weighted by atomic mass is 10.2. The van der Waals surface area contributed by atoms with Gasteiger partial charge in [0.15, 0.2) is 0 Å². The number of aromatic nitrogens is 1. The number of nitrogens with one attached hydrogen (secondary N) is 1. The number of hydrogen-bond acceptors (Lipinski definition) is 1. The average Bonchev–Trinajstić information content (AvgIpc) is 2.36. The molecule has 1 N–H and O–H groups in total. The van der Waals surface area contributed by atoms with Crippen LogP contribution in [0.3, 0.4) is 0 Å². The van der Waals surface area contributed by atoms with Gasteiger partial charge < -0.3 is 9.88 Å². The predicted molar refractivity (Wildman–Crippen MR) is 42.9 cm³/mol. The summed E-state index contributed by atoms with van der Waals surface area (Å²) in [6, 6.07) is 2.61. The second-order valence-electron chi connectivity index (χ2n) is 2.78. The Morgan fingerprint density at radius 2 is 2.20 bits per heavy atom. The molecule has 1 aromatic rings. The van der Waals surface area contributed by atoms with Crippen LogP contribution in [0.4, 0.5) is 0 Å². The first kappa shape index (κ1) is 7.35. The Kier molecular flexibility index (Phi) is 2.12. The molecule has 0 amide bonds. The second kappa shape index (κ2) is 2.88. The second-order valence-corrected chi connectivity index (χ2v) is 2.78. The summed E-state index contributed by atoms with van der Waals surface area (Å²) in [5, 5.41) is 0. The number of hydrogen-bond donors (Lipinski definition) is 1. The van der Waals surface area contributed by atoms with Crippen LogP contribution in [-0.2, 0) is 0 Å². The van der Waals surface area contributed by atoms with Gasteiger partial charge in [0.05, 0.1) is 0 Å². The van der Waals surface area contributed by atoms with E-state index in [4.69, 9.17) is 0 Å². The third-order valence-electron chi connectivity index (χ3n) is 1.88. The van der Waals surface area contributed by atoms with Crippen molar-refractivity contribution in [1.29, 1.82) is 0 Å². The summed E-state index contributed by atoms with van der Waals surface area (Å²) < 4.78 is 0. The first-order chi connectivity index (χ1) is 4.72. The largest absolute Gasteiger partial charge is 0.367 e. The standard InChI is InChI=1S/C8H14N2/c1-7(10(2)3)8-4-5-9-6-8/h4-7,9H,1-3H3. The number of aromatic amines is 1. The molecule has 0 aliphatic heterocycles. The Morgan fingerprint density at radius 3 is 2.60 bits per heavy atom. The maximum atomic E-state index is 3.04. The summed E-state index contributed by atoms with van der Waals surface area (Å²) in [7, 11) is 4.16. The van der Waals surface area contributed by atoms with E-state index in [0.717, 1.165) is 0 Å². The van der Waals surface area contributed by atoms with Gasteiger partial charge in [0.2, 0.25) is 0 Å². The van der Waals surface area contributed by atoms with Gasteiger partial charge in [-0.05, 0) is 32.6 Å². The predicted octanol–water partition coefficient (Wildman–Crippen LogP) is 1.64. The summed E-state index contributed by atoms with van der Waals surface area (Å²) in [5.41, 5.74) is 1.34. The van der Waals surface area contributed by atoms with Crippen LogP contribution in [0.25, 0.3) is 0 Å². The highest BCUT2D eigenvalue weighted by Gasteiger charge is 2.05. The lowest BCUT2D eigenvalue weighted by Crippen LogP contribution is -2.15. The molecular weight excluding hydrogens is 124 g/mol. The van der Waals surface area contributed by atoms with Gasteiger partial charge in [-0.1, -0.05) is 0 Å². The minimum Gasteiger partial charge on any atom is -0.367 e. The summed E-state index contributed by atoms with van der Waals surface area (Å²) in [4.78, 5) is 5.22. The van der Waals surface area contributed by atoms with Crippen LogP contribution >= 0.6 is 0 Å². The monoisotopic (exact) mass is 138 g/mol. The van der Waals surface area contributed by atoms with Gasteiger partial charge in [0.25, 0.3) is 0 Å². The van der Waals surface area contributed by atoms with Gasteiger partial charge in [0.1, 0.15) is 0 Å². The molecule has 0 saturated carbocycles. The highest BCUT2D eigenvalue weighted by Crippen LogP contribution is 2.14. The Labute approximate surface area is 61.9 Å². The van der Waals surface area contributed by atoms with Crippen LogP contribution in [0.1, 0.15) is 18.5 Å². The fourth-order valence-electron chi connectivity index (χ4n) is 0.895. The van der Waals surface area contributed by atoms with E-state index < -0.39 is 0 Å². The molecule has 0 aliphatic rings. The lowest BCUT2D eigenvalue weighted by molar-refractivity contribution is 0.321. The fourth-order valence-corrected chi connectivity index (χ4v) is 0.895. The van der Waals surface area contributed by atoms with Gasteiger partial charge in [-0.2, -0.15) is 0 Å². The van der Waals surface area contributed by atoms with Crippen molar-refractivity contribution in [2.75, 3.05) is 14.1 Å². The van der Waals surface area contributed by atoms with Gasteiger partial charge >= 0.3 is 0 Å². The Bertz CT molecular complexity index is 177. The number of nitrogens with zero attached hydrogens (tertiary/aromatic N) is 1. The zero-order valence-electron chi connectivity index (χ0n) is 6.76. The summed E-state index contributed by atoms with van der Waals surface area (Å²) in [6.45, 7) is 2.18. The van der Waals surface area contributed by atoms with Gasteiger partial charge in [-0.3, -0.25) is 0 Å². The van der Waals surface area contributed by atoms with Crippen molar-refractivity contribution in [3.05, 3.63) is 24.0 Å². The van der Waals surface area contributed by atoms with Crippen molar-refractivity contribution < 1.29 is 0 Å². The van der Waals surface area contributed by atoms with E-state index >= 15 is 0 Å². The van der Waals surface area contributed by atoms with Crippen molar-refractivity contribution in [1.82, 2.24) is 9.88 Å². The molecule has 2 nitrogen and oxygen atoms in total.